The van der Waals surface area contributed by atoms with Gasteiger partial charge in [-0.3, -0.25) is 0 Å². The molecule has 2 aromatic heterocycles. The van der Waals surface area contributed by atoms with Gasteiger partial charge < -0.3 is 4.98 Å². The first-order valence-electron chi connectivity index (χ1n) is 4.73. The van der Waals surface area contributed by atoms with E-state index >= 15 is 0 Å². The first-order valence-corrected chi connectivity index (χ1v) is 5.53. The molecule has 0 atom stereocenters. The standard InChI is InChI=1S/C11H7BrN4/c12-8-1-2-9-10(3-8)16-11(15-9)7-4-13-6-14-5-7/h1-6H,(H,15,16). The summed E-state index contributed by atoms with van der Waals surface area (Å²) in [4.78, 5) is 15.6. The molecule has 0 saturated heterocycles. The van der Waals surface area contributed by atoms with E-state index in [2.05, 4.69) is 35.9 Å². The Morgan fingerprint density at radius 3 is 2.75 bits per heavy atom. The molecule has 78 valence electrons. The number of aromatic amines is 1. The zero-order valence-electron chi connectivity index (χ0n) is 8.18. The summed E-state index contributed by atoms with van der Waals surface area (Å²) in [6, 6.07) is 5.92. The van der Waals surface area contributed by atoms with Crippen LogP contribution in [-0.4, -0.2) is 19.9 Å². The van der Waals surface area contributed by atoms with Crippen molar-refractivity contribution < 1.29 is 0 Å². The molecular formula is C11H7BrN4. The molecule has 0 aliphatic carbocycles. The van der Waals surface area contributed by atoms with E-state index in [9.17, 15) is 0 Å². The lowest BCUT2D eigenvalue weighted by Crippen LogP contribution is -1.83. The van der Waals surface area contributed by atoms with Crippen LogP contribution in [0.1, 0.15) is 0 Å². The van der Waals surface area contributed by atoms with Crippen LogP contribution in [0.3, 0.4) is 0 Å². The van der Waals surface area contributed by atoms with Gasteiger partial charge in [-0.1, -0.05) is 15.9 Å². The molecule has 5 heteroatoms. The third kappa shape index (κ3) is 1.59. The molecule has 0 radical (unpaired) electrons. The lowest BCUT2D eigenvalue weighted by atomic mass is 10.3. The number of hydrogen-bond acceptors (Lipinski definition) is 3. The molecule has 0 aliphatic rings. The summed E-state index contributed by atoms with van der Waals surface area (Å²) in [6.45, 7) is 0. The molecule has 16 heavy (non-hydrogen) atoms. The van der Waals surface area contributed by atoms with Crippen molar-refractivity contribution >= 4 is 27.0 Å². The third-order valence-corrected chi connectivity index (χ3v) is 2.77. The molecule has 0 aliphatic heterocycles. The number of rotatable bonds is 1. The van der Waals surface area contributed by atoms with E-state index in [1.54, 1.807) is 12.4 Å². The van der Waals surface area contributed by atoms with E-state index in [4.69, 9.17) is 0 Å². The zero-order valence-corrected chi connectivity index (χ0v) is 9.77. The van der Waals surface area contributed by atoms with Crippen LogP contribution >= 0.6 is 15.9 Å². The molecule has 0 amide bonds. The molecular weight excluding hydrogens is 268 g/mol. The molecule has 0 spiro atoms. The highest BCUT2D eigenvalue weighted by molar-refractivity contribution is 9.10. The van der Waals surface area contributed by atoms with E-state index in [0.29, 0.717) is 0 Å². The fourth-order valence-corrected chi connectivity index (χ4v) is 1.90. The number of aromatic nitrogens is 4. The van der Waals surface area contributed by atoms with Crippen molar-refractivity contribution in [2.24, 2.45) is 0 Å². The summed E-state index contributed by atoms with van der Waals surface area (Å²) in [5, 5.41) is 0. The summed E-state index contributed by atoms with van der Waals surface area (Å²) < 4.78 is 1.03. The molecule has 0 bridgehead atoms. The van der Waals surface area contributed by atoms with E-state index in [1.165, 1.54) is 6.33 Å². The van der Waals surface area contributed by atoms with Gasteiger partial charge in [-0.2, -0.15) is 0 Å². The SMILES string of the molecule is Brc1ccc2nc(-c3cncnc3)[nH]c2c1. The normalized spacial score (nSPS) is 10.8. The highest BCUT2D eigenvalue weighted by Gasteiger charge is 2.05. The van der Waals surface area contributed by atoms with Crippen LogP contribution in [0.25, 0.3) is 22.4 Å². The molecule has 3 aromatic rings. The molecule has 0 unspecified atom stereocenters. The Morgan fingerprint density at radius 2 is 1.94 bits per heavy atom. The average Bonchev–Trinajstić information content (AvgIpc) is 2.73. The van der Waals surface area contributed by atoms with Crippen molar-refractivity contribution in [1.82, 2.24) is 19.9 Å². The van der Waals surface area contributed by atoms with Gasteiger partial charge in [-0.15, -0.1) is 0 Å². The molecule has 2 heterocycles. The number of benzene rings is 1. The largest absolute Gasteiger partial charge is 0.338 e. The highest BCUT2D eigenvalue weighted by atomic mass is 79.9. The van der Waals surface area contributed by atoms with Gasteiger partial charge in [0.1, 0.15) is 12.2 Å². The number of halogens is 1. The van der Waals surface area contributed by atoms with Crippen molar-refractivity contribution in [1.29, 1.82) is 0 Å². The number of imidazole rings is 1. The molecule has 0 saturated carbocycles. The van der Waals surface area contributed by atoms with E-state index in [0.717, 1.165) is 26.9 Å². The van der Waals surface area contributed by atoms with Gasteiger partial charge in [-0.05, 0) is 18.2 Å². The first kappa shape index (κ1) is 9.47. The first-order chi connectivity index (χ1) is 7.83. The van der Waals surface area contributed by atoms with Crippen LogP contribution in [0.5, 0.6) is 0 Å². The van der Waals surface area contributed by atoms with Gasteiger partial charge in [-0.25, -0.2) is 15.0 Å². The minimum atomic E-state index is 0.786. The van der Waals surface area contributed by atoms with Gasteiger partial charge in [0.05, 0.1) is 16.6 Å². The quantitative estimate of drug-likeness (QED) is 0.743. The molecule has 0 fully saturated rings. The van der Waals surface area contributed by atoms with Gasteiger partial charge in [0, 0.05) is 16.9 Å². The van der Waals surface area contributed by atoms with Crippen molar-refractivity contribution in [2.45, 2.75) is 0 Å². The maximum absolute atomic E-state index is 4.47. The number of H-pyrrole nitrogens is 1. The Labute approximate surface area is 99.9 Å². The van der Waals surface area contributed by atoms with Crippen LogP contribution in [-0.2, 0) is 0 Å². The maximum Gasteiger partial charge on any atom is 0.141 e. The molecule has 1 aromatic carbocycles. The smallest absolute Gasteiger partial charge is 0.141 e. The Kier molecular flexibility index (Phi) is 2.18. The second-order valence-corrected chi connectivity index (χ2v) is 4.29. The Hall–Kier alpha value is -1.75. The van der Waals surface area contributed by atoms with Crippen LogP contribution in [0, 0.1) is 0 Å². The fraction of sp³-hybridized carbons (Fsp3) is 0. The fourth-order valence-electron chi connectivity index (χ4n) is 1.54. The Bertz CT molecular complexity index is 633. The molecule has 1 N–H and O–H groups in total. The number of hydrogen-bond donors (Lipinski definition) is 1. The lowest BCUT2D eigenvalue weighted by Gasteiger charge is -1.91. The van der Waals surface area contributed by atoms with Gasteiger partial charge in [0.15, 0.2) is 0 Å². The van der Waals surface area contributed by atoms with Crippen LogP contribution in [0.15, 0.2) is 41.4 Å². The predicted molar refractivity (Wildman–Crippen MR) is 64.8 cm³/mol. The zero-order chi connectivity index (χ0) is 11.0. The van der Waals surface area contributed by atoms with E-state index in [1.807, 2.05) is 18.2 Å². The number of fused-ring (bicyclic) bond motifs is 1. The average molecular weight is 275 g/mol. The predicted octanol–water partition coefficient (Wildman–Crippen LogP) is 2.78. The lowest BCUT2D eigenvalue weighted by molar-refractivity contribution is 1.15. The van der Waals surface area contributed by atoms with E-state index in [-0.39, 0.29) is 0 Å². The van der Waals surface area contributed by atoms with Crippen molar-refractivity contribution in [2.75, 3.05) is 0 Å². The van der Waals surface area contributed by atoms with Crippen LogP contribution < -0.4 is 0 Å². The topological polar surface area (TPSA) is 54.5 Å². The van der Waals surface area contributed by atoms with Crippen molar-refractivity contribution in [3.63, 3.8) is 0 Å². The summed E-state index contributed by atoms with van der Waals surface area (Å²) in [5.41, 5.74) is 2.81. The van der Waals surface area contributed by atoms with Gasteiger partial charge in [0.2, 0.25) is 0 Å². The molecule has 4 nitrogen and oxygen atoms in total. The number of nitrogens with zero attached hydrogens (tertiary/aromatic N) is 3. The third-order valence-electron chi connectivity index (χ3n) is 2.28. The van der Waals surface area contributed by atoms with Gasteiger partial charge >= 0.3 is 0 Å². The minimum Gasteiger partial charge on any atom is -0.338 e. The summed E-state index contributed by atoms with van der Waals surface area (Å²) in [7, 11) is 0. The monoisotopic (exact) mass is 274 g/mol. The highest BCUT2D eigenvalue weighted by Crippen LogP contribution is 2.21. The Balaban J connectivity index is 2.19. The Morgan fingerprint density at radius 1 is 1.12 bits per heavy atom. The van der Waals surface area contributed by atoms with Crippen molar-refractivity contribution in [3.8, 4) is 11.4 Å². The second kappa shape index (κ2) is 3.68. The van der Waals surface area contributed by atoms with Gasteiger partial charge in [0.25, 0.3) is 0 Å². The maximum atomic E-state index is 4.47. The summed E-state index contributed by atoms with van der Waals surface area (Å²) >= 11 is 3.43. The summed E-state index contributed by atoms with van der Waals surface area (Å²) in [6.07, 6.45) is 4.97. The minimum absolute atomic E-state index is 0.786. The number of nitrogens with one attached hydrogen (secondary N) is 1. The van der Waals surface area contributed by atoms with E-state index < -0.39 is 0 Å². The molecule has 3 rings (SSSR count). The second-order valence-electron chi connectivity index (χ2n) is 3.37. The van der Waals surface area contributed by atoms with Crippen LogP contribution in [0.4, 0.5) is 0 Å². The van der Waals surface area contributed by atoms with Crippen LogP contribution in [0.2, 0.25) is 0 Å². The summed E-state index contributed by atoms with van der Waals surface area (Å²) in [5.74, 6) is 0.786. The van der Waals surface area contributed by atoms with Crippen molar-refractivity contribution in [3.05, 3.63) is 41.4 Å².